The van der Waals surface area contributed by atoms with Gasteiger partial charge in [-0.15, -0.1) is 0 Å². The van der Waals surface area contributed by atoms with Crippen LogP contribution in [0.4, 0.5) is 17.1 Å². The summed E-state index contributed by atoms with van der Waals surface area (Å²) in [4.78, 5) is 2.58. The van der Waals surface area contributed by atoms with E-state index in [0.29, 0.717) is 0 Å². The van der Waals surface area contributed by atoms with Crippen molar-refractivity contribution in [1.82, 2.24) is 0 Å². The minimum atomic E-state index is -0.109. The van der Waals surface area contributed by atoms with E-state index in [1.165, 1.54) is 100 Å². The molecule has 250 valence electrons. The Bertz CT molecular complexity index is 2440. The Labute approximate surface area is 303 Å². The highest BCUT2D eigenvalue weighted by atomic mass is 15.1. The number of anilines is 3. The molecule has 0 heterocycles. The summed E-state index contributed by atoms with van der Waals surface area (Å²) < 4.78 is 0. The maximum atomic E-state index is 2.58. The highest BCUT2D eigenvalue weighted by Gasteiger charge is 2.41. The Morgan fingerprint density at radius 1 is 0.412 bits per heavy atom. The molecule has 0 amide bonds. The number of benzene rings is 7. The second kappa shape index (κ2) is 11.0. The fourth-order valence-electron chi connectivity index (χ4n) is 9.19. The van der Waals surface area contributed by atoms with Gasteiger partial charge in [-0.25, -0.2) is 0 Å². The molecule has 0 radical (unpaired) electrons. The van der Waals surface area contributed by atoms with E-state index in [1.807, 2.05) is 0 Å². The highest BCUT2D eigenvalue weighted by Crippen LogP contribution is 2.58. The van der Waals surface area contributed by atoms with Crippen molar-refractivity contribution in [2.75, 3.05) is 4.90 Å². The molecule has 0 N–H and O–H groups in total. The molecule has 0 bridgehead atoms. The van der Waals surface area contributed by atoms with Gasteiger partial charge in [-0.3, -0.25) is 0 Å². The van der Waals surface area contributed by atoms with Crippen LogP contribution in [0.1, 0.15) is 72.2 Å². The first-order valence-electron chi connectivity index (χ1n) is 18.3. The van der Waals surface area contributed by atoms with Gasteiger partial charge in [0.2, 0.25) is 0 Å². The van der Waals surface area contributed by atoms with Crippen molar-refractivity contribution < 1.29 is 0 Å². The van der Waals surface area contributed by atoms with Crippen LogP contribution in [0.5, 0.6) is 0 Å². The molecule has 9 rings (SSSR count). The summed E-state index contributed by atoms with van der Waals surface area (Å²) in [5.41, 5.74) is 22.1. The Morgan fingerprint density at radius 2 is 0.902 bits per heavy atom. The lowest BCUT2D eigenvalue weighted by Crippen LogP contribution is -2.18. The van der Waals surface area contributed by atoms with Crippen LogP contribution in [-0.2, 0) is 10.8 Å². The predicted molar refractivity (Wildman–Crippen MR) is 218 cm³/mol. The van der Waals surface area contributed by atoms with Crippen molar-refractivity contribution in [3.05, 3.63) is 172 Å². The largest absolute Gasteiger partial charge is 0.309 e. The van der Waals surface area contributed by atoms with Crippen molar-refractivity contribution in [1.29, 1.82) is 0 Å². The minimum absolute atomic E-state index is 0.109. The molecule has 0 saturated carbocycles. The molecular weight excluding hydrogens is 615 g/mol. The molecule has 2 aliphatic carbocycles. The van der Waals surface area contributed by atoms with Crippen LogP contribution in [0.3, 0.4) is 0 Å². The zero-order valence-electron chi connectivity index (χ0n) is 31.1. The third-order valence-corrected chi connectivity index (χ3v) is 11.8. The Hall–Kier alpha value is -5.40. The van der Waals surface area contributed by atoms with E-state index in [-0.39, 0.29) is 10.8 Å². The molecule has 0 spiro atoms. The molecule has 0 fully saturated rings. The van der Waals surface area contributed by atoms with Gasteiger partial charge in [-0.1, -0.05) is 142 Å². The molecule has 0 aromatic heterocycles. The Kier molecular flexibility index (Phi) is 6.84. The lowest BCUT2D eigenvalue weighted by atomic mass is 9.81. The van der Waals surface area contributed by atoms with Crippen LogP contribution < -0.4 is 4.90 Å². The number of hydrogen-bond acceptors (Lipinski definition) is 1. The second-order valence-corrected chi connectivity index (χ2v) is 16.2. The average molecular weight is 660 g/mol. The molecule has 51 heavy (non-hydrogen) atoms. The van der Waals surface area contributed by atoms with Gasteiger partial charge in [0, 0.05) is 27.6 Å². The molecule has 0 atom stereocenters. The van der Waals surface area contributed by atoms with Gasteiger partial charge in [0.1, 0.15) is 0 Å². The van der Waals surface area contributed by atoms with Crippen LogP contribution in [0, 0.1) is 27.7 Å². The van der Waals surface area contributed by atoms with Gasteiger partial charge in [0.15, 0.2) is 0 Å². The molecule has 0 saturated heterocycles. The zero-order chi connectivity index (χ0) is 35.4. The van der Waals surface area contributed by atoms with Crippen molar-refractivity contribution >= 4 is 27.8 Å². The fourth-order valence-corrected chi connectivity index (χ4v) is 9.19. The normalized spacial score (nSPS) is 14.6. The minimum Gasteiger partial charge on any atom is -0.309 e. The third-order valence-electron chi connectivity index (χ3n) is 11.8. The summed E-state index contributed by atoms with van der Waals surface area (Å²) in [5, 5.41) is 2.54. The summed E-state index contributed by atoms with van der Waals surface area (Å²) >= 11 is 0. The molecule has 0 unspecified atom stereocenters. The van der Waals surface area contributed by atoms with E-state index in [9.17, 15) is 0 Å². The van der Waals surface area contributed by atoms with E-state index >= 15 is 0 Å². The first kappa shape index (κ1) is 31.6. The van der Waals surface area contributed by atoms with Crippen LogP contribution >= 0.6 is 0 Å². The van der Waals surface area contributed by atoms with Crippen molar-refractivity contribution in [2.24, 2.45) is 0 Å². The highest BCUT2D eigenvalue weighted by molar-refractivity contribution is 6.02. The second-order valence-electron chi connectivity index (χ2n) is 16.2. The first-order chi connectivity index (χ1) is 24.4. The Balaban J connectivity index is 1.35. The monoisotopic (exact) mass is 659 g/mol. The first-order valence-corrected chi connectivity index (χ1v) is 18.3. The molecule has 2 aliphatic rings. The summed E-state index contributed by atoms with van der Waals surface area (Å²) in [6, 6.07) is 48.4. The van der Waals surface area contributed by atoms with Crippen LogP contribution in [0.25, 0.3) is 44.2 Å². The maximum Gasteiger partial charge on any atom is 0.0546 e. The molecular formula is C50H45N. The van der Waals surface area contributed by atoms with Gasteiger partial charge in [-0.05, 0) is 118 Å². The summed E-state index contributed by atoms with van der Waals surface area (Å²) in [6.45, 7) is 18.5. The summed E-state index contributed by atoms with van der Waals surface area (Å²) in [5.74, 6) is 0. The van der Waals surface area contributed by atoms with Crippen LogP contribution in [-0.4, -0.2) is 0 Å². The molecule has 1 nitrogen and oxygen atoms in total. The molecule has 7 aromatic carbocycles. The van der Waals surface area contributed by atoms with Crippen molar-refractivity contribution in [3.8, 4) is 33.4 Å². The van der Waals surface area contributed by atoms with Crippen molar-refractivity contribution in [3.63, 3.8) is 0 Å². The van der Waals surface area contributed by atoms with Gasteiger partial charge in [0.05, 0.1) is 11.4 Å². The van der Waals surface area contributed by atoms with E-state index in [0.717, 1.165) is 5.69 Å². The number of rotatable bonds is 4. The van der Waals surface area contributed by atoms with Gasteiger partial charge < -0.3 is 4.90 Å². The van der Waals surface area contributed by atoms with E-state index in [1.54, 1.807) is 0 Å². The van der Waals surface area contributed by atoms with E-state index < -0.39 is 0 Å². The molecule has 7 aromatic rings. The number of fused-ring (bicyclic) bond motifs is 7. The lowest BCUT2D eigenvalue weighted by Gasteiger charge is -2.32. The zero-order valence-corrected chi connectivity index (χ0v) is 31.1. The predicted octanol–water partition coefficient (Wildman–Crippen LogP) is 13.8. The maximum absolute atomic E-state index is 2.58. The number of nitrogens with zero attached hydrogens (tertiary/aromatic N) is 1. The number of aryl methyl sites for hydroxylation is 4. The summed E-state index contributed by atoms with van der Waals surface area (Å²) in [7, 11) is 0. The van der Waals surface area contributed by atoms with Crippen LogP contribution in [0.15, 0.2) is 127 Å². The number of hydrogen-bond donors (Lipinski definition) is 0. The van der Waals surface area contributed by atoms with E-state index in [2.05, 4.69) is 188 Å². The van der Waals surface area contributed by atoms with Gasteiger partial charge >= 0.3 is 0 Å². The SMILES string of the molecule is Cc1ccc2c(c1)C(C)(C)c1cc(C)cc(N(c3ccc(-c4cccc5ccccc45)cc3)c3cc(C)cc4c3-c3ccc(C)cc3C4(C)C)c1-2. The van der Waals surface area contributed by atoms with Gasteiger partial charge in [0.25, 0.3) is 0 Å². The van der Waals surface area contributed by atoms with Crippen LogP contribution in [0.2, 0.25) is 0 Å². The standard InChI is InChI=1S/C50H45N/c1-30-16-22-39-41(24-30)49(5,6)43-26-32(3)28-45(47(39)43)51(36-20-18-35(19-21-36)38-15-11-13-34-12-9-10-14-37(34)38)46-29-33(4)27-44-48(46)40-23-17-31(2)25-42(40)50(44,7)8/h9-29H,1-8H3. The summed E-state index contributed by atoms with van der Waals surface area (Å²) in [6.07, 6.45) is 0. The third kappa shape index (κ3) is 4.67. The lowest BCUT2D eigenvalue weighted by molar-refractivity contribution is 0.659. The average Bonchev–Trinajstić information content (AvgIpc) is 3.47. The Morgan fingerprint density at radius 3 is 1.45 bits per heavy atom. The quantitative estimate of drug-likeness (QED) is 0.182. The smallest absolute Gasteiger partial charge is 0.0546 e. The van der Waals surface area contributed by atoms with Gasteiger partial charge in [-0.2, -0.15) is 0 Å². The molecule has 0 aliphatic heterocycles. The fraction of sp³-hybridized carbons (Fsp3) is 0.200. The topological polar surface area (TPSA) is 3.24 Å². The van der Waals surface area contributed by atoms with Crippen molar-refractivity contribution in [2.45, 2.75) is 66.2 Å². The molecule has 1 heteroatoms. The van der Waals surface area contributed by atoms with E-state index in [4.69, 9.17) is 0 Å².